The van der Waals surface area contributed by atoms with Crippen LogP contribution in [0.4, 0.5) is 35.1 Å². The van der Waals surface area contributed by atoms with Crippen LogP contribution < -0.4 is 0 Å². The number of benzene rings is 2. The summed E-state index contributed by atoms with van der Waals surface area (Å²) in [6, 6.07) is 3.32. The van der Waals surface area contributed by atoms with Gasteiger partial charge in [-0.05, 0) is 30.3 Å². The minimum absolute atomic E-state index is 0.0633. The van der Waals surface area contributed by atoms with Gasteiger partial charge >= 0.3 is 18.3 Å². The van der Waals surface area contributed by atoms with Crippen molar-refractivity contribution in [3.63, 3.8) is 0 Å². The van der Waals surface area contributed by atoms with Crippen molar-refractivity contribution in [2.75, 3.05) is 6.61 Å². The minimum Gasteiger partial charge on any atom is -0.449 e. The van der Waals surface area contributed by atoms with Gasteiger partial charge in [-0.1, -0.05) is 17.9 Å². The lowest BCUT2D eigenvalue weighted by atomic mass is 10.1. The first-order valence-corrected chi connectivity index (χ1v) is 7.29. The summed E-state index contributed by atoms with van der Waals surface area (Å²) >= 11 is 0. The van der Waals surface area contributed by atoms with Crippen LogP contribution in [0.15, 0.2) is 36.4 Å². The molecule has 0 saturated carbocycles. The van der Waals surface area contributed by atoms with Crippen molar-refractivity contribution in [1.82, 2.24) is 0 Å². The lowest BCUT2D eigenvalue weighted by Crippen LogP contribution is -2.11. The highest BCUT2D eigenvalue weighted by Gasteiger charge is 2.36. The summed E-state index contributed by atoms with van der Waals surface area (Å²) in [6.07, 6.45) is -10.1. The normalized spacial score (nSPS) is 11.6. The van der Waals surface area contributed by atoms with Crippen LogP contribution in [0.1, 0.15) is 27.0 Å². The van der Waals surface area contributed by atoms with Gasteiger partial charge in [0.25, 0.3) is 0 Å². The predicted molar refractivity (Wildman–Crippen MR) is 80.0 cm³/mol. The van der Waals surface area contributed by atoms with Gasteiger partial charge in [-0.15, -0.1) is 0 Å². The zero-order chi connectivity index (χ0) is 21.1. The van der Waals surface area contributed by atoms with Gasteiger partial charge in [-0.2, -0.15) is 26.3 Å². The number of alkyl halides is 6. The van der Waals surface area contributed by atoms with Gasteiger partial charge in [0, 0.05) is 5.56 Å². The molecule has 10 heteroatoms. The summed E-state index contributed by atoms with van der Waals surface area (Å²) in [6.45, 7) is -0.815. The summed E-state index contributed by atoms with van der Waals surface area (Å²) in [5.74, 6) is 0.185. The third kappa shape index (κ3) is 5.22. The molecule has 0 aliphatic heterocycles. The lowest BCUT2D eigenvalue weighted by Gasteiger charge is -2.12. The fourth-order valence-electron chi connectivity index (χ4n) is 2.03. The van der Waals surface area contributed by atoms with Crippen molar-refractivity contribution in [3.05, 3.63) is 70.3 Å². The molecular formula is C18H8F8O2. The molecule has 0 aliphatic carbocycles. The van der Waals surface area contributed by atoms with E-state index in [9.17, 15) is 39.9 Å². The summed E-state index contributed by atoms with van der Waals surface area (Å²) in [5.41, 5.74) is -4.74. The van der Waals surface area contributed by atoms with Crippen molar-refractivity contribution >= 4 is 5.97 Å². The Hall–Kier alpha value is -3.09. The fourth-order valence-corrected chi connectivity index (χ4v) is 2.03. The van der Waals surface area contributed by atoms with Crippen LogP contribution in [0.5, 0.6) is 0 Å². The Bertz CT molecular complexity index is 896. The number of hydrogen-bond acceptors (Lipinski definition) is 2. The van der Waals surface area contributed by atoms with Crippen LogP contribution in [0.3, 0.4) is 0 Å². The molecule has 0 radical (unpaired) electrons. The molecule has 2 aromatic rings. The number of esters is 1. The number of hydrogen-bond donors (Lipinski definition) is 0. The first-order chi connectivity index (χ1) is 12.9. The molecule has 28 heavy (non-hydrogen) atoms. The van der Waals surface area contributed by atoms with Gasteiger partial charge in [-0.3, -0.25) is 0 Å². The molecule has 0 fully saturated rings. The summed E-state index contributed by atoms with van der Waals surface area (Å²) < 4.78 is 108. The van der Waals surface area contributed by atoms with Crippen LogP contribution in [0.2, 0.25) is 0 Å². The van der Waals surface area contributed by atoms with E-state index in [1.165, 1.54) is 0 Å². The van der Waals surface area contributed by atoms with E-state index in [2.05, 4.69) is 4.74 Å². The van der Waals surface area contributed by atoms with Crippen LogP contribution in [-0.2, 0) is 17.1 Å². The van der Waals surface area contributed by atoms with Gasteiger partial charge in [0.05, 0.1) is 11.1 Å². The molecule has 148 valence electrons. The molecule has 0 atom stereocenters. The van der Waals surface area contributed by atoms with Gasteiger partial charge in [0.15, 0.2) is 6.61 Å². The Kier molecular flexibility index (Phi) is 5.97. The maximum absolute atomic E-state index is 13.4. The molecular weight excluding hydrogens is 400 g/mol. The van der Waals surface area contributed by atoms with E-state index in [0.717, 1.165) is 18.2 Å². The Balaban J connectivity index is 2.21. The zero-order valence-electron chi connectivity index (χ0n) is 13.5. The van der Waals surface area contributed by atoms with E-state index >= 15 is 0 Å². The Labute approximate surface area is 152 Å². The van der Waals surface area contributed by atoms with Crippen LogP contribution in [0, 0.1) is 23.5 Å². The first-order valence-electron chi connectivity index (χ1n) is 7.29. The third-order valence-corrected chi connectivity index (χ3v) is 3.26. The predicted octanol–water partition coefficient (Wildman–Crippen LogP) is 5.21. The summed E-state index contributed by atoms with van der Waals surface area (Å²) in [7, 11) is 0. The fraction of sp³-hybridized carbons (Fsp3) is 0.167. The second-order valence-electron chi connectivity index (χ2n) is 5.27. The second kappa shape index (κ2) is 7.88. The molecule has 0 saturated heterocycles. The Morgan fingerprint density at radius 3 is 1.86 bits per heavy atom. The molecule has 0 spiro atoms. The lowest BCUT2D eigenvalue weighted by molar-refractivity contribution is -0.143. The summed E-state index contributed by atoms with van der Waals surface area (Å²) in [5, 5.41) is 0. The van der Waals surface area contributed by atoms with Crippen LogP contribution in [-0.4, -0.2) is 12.6 Å². The number of ether oxygens (including phenoxy) is 1. The molecule has 0 unspecified atom stereocenters. The van der Waals surface area contributed by atoms with Gasteiger partial charge < -0.3 is 4.74 Å². The van der Waals surface area contributed by atoms with E-state index in [1.54, 1.807) is 0 Å². The first kappa shape index (κ1) is 21.2. The van der Waals surface area contributed by atoms with Crippen molar-refractivity contribution in [1.29, 1.82) is 0 Å². The topological polar surface area (TPSA) is 26.3 Å². The summed E-state index contributed by atoms with van der Waals surface area (Å²) in [4.78, 5) is 11.6. The van der Waals surface area contributed by atoms with Crippen molar-refractivity contribution in [3.8, 4) is 11.8 Å². The Morgan fingerprint density at radius 1 is 0.893 bits per heavy atom. The highest BCUT2D eigenvalue weighted by atomic mass is 19.4. The van der Waals surface area contributed by atoms with E-state index in [1.807, 2.05) is 11.8 Å². The monoisotopic (exact) mass is 408 g/mol. The van der Waals surface area contributed by atoms with E-state index in [4.69, 9.17) is 0 Å². The minimum atomic E-state index is -5.04. The maximum atomic E-state index is 13.4. The number of carbonyl (C=O) groups is 1. The zero-order valence-corrected chi connectivity index (χ0v) is 13.5. The van der Waals surface area contributed by atoms with Crippen molar-refractivity contribution < 1.29 is 44.7 Å². The SMILES string of the molecule is O=C(OCC#Cc1cc(C(F)(F)F)cc(C(F)(F)F)c1)c1c(F)cccc1F. The molecule has 0 aliphatic rings. The molecule has 0 aromatic heterocycles. The van der Waals surface area contributed by atoms with Crippen LogP contribution >= 0.6 is 0 Å². The number of carbonyl (C=O) groups excluding carboxylic acids is 1. The van der Waals surface area contributed by atoms with Gasteiger partial charge in [0.1, 0.15) is 17.2 Å². The number of rotatable bonds is 2. The highest BCUT2D eigenvalue weighted by Crippen LogP contribution is 2.36. The van der Waals surface area contributed by atoms with Crippen molar-refractivity contribution in [2.24, 2.45) is 0 Å². The second-order valence-corrected chi connectivity index (χ2v) is 5.27. The molecule has 0 heterocycles. The maximum Gasteiger partial charge on any atom is 0.416 e. The molecule has 0 bridgehead atoms. The smallest absolute Gasteiger partial charge is 0.416 e. The van der Waals surface area contributed by atoms with Crippen LogP contribution in [0.25, 0.3) is 0 Å². The van der Waals surface area contributed by atoms with Gasteiger partial charge in [0.2, 0.25) is 0 Å². The standard InChI is InChI=1S/C18H8F8O2/c19-13-4-1-5-14(20)15(13)16(27)28-6-2-3-10-7-11(17(21,22)23)9-12(8-10)18(24,25)26/h1,4-5,7-9H,6H2. The van der Waals surface area contributed by atoms with E-state index in [0.29, 0.717) is 12.1 Å². The van der Waals surface area contributed by atoms with Gasteiger partial charge in [-0.25, -0.2) is 13.6 Å². The Morgan fingerprint density at radius 2 is 1.39 bits per heavy atom. The highest BCUT2D eigenvalue weighted by molar-refractivity contribution is 5.90. The molecule has 2 aromatic carbocycles. The molecule has 0 N–H and O–H groups in total. The quantitative estimate of drug-likeness (QED) is 0.388. The molecule has 0 amide bonds. The molecule has 2 rings (SSSR count). The largest absolute Gasteiger partial charge is 0.449 e. The van der Waals surface area contributed by atoms with E-state index in [-0.39, 0.29) is 6.07 Å². The average Bonchev–Trinajstić information content (AvgIpc) is 2.57. The average molecular weight is 408 g/mol. The van der Waals surface area contributed by atoms with E-state index < -0.39 is 58.8 Å². The number of halogens is 8. The molecule has 2 nitrogen and oxygen atoms in total. The third-order valence-electron chi connectivity index (χ3n) is 3.26. The van der Waals surface area contributed by atoms with Crippen molar-refractivity contribution in [2.45, 2.75) is 12.4 Å².